The van der Waals surface area contributed by atoms with Crippen LogP contribution in [-0.4, -0.2) is 63.4 Å². The predicted molar refractivity (Wildman–Crippen MR) is 113 cm³/mol. The van der Waals surface area contributed by atoms with Gasteiger partial charge in [-0.2, -0.15) is 12.6 Å². The quantitative estimate of drug-likeness (QED) is 0.513. The first-order valence-electron chi connectivity index (χ1n) is 9.18. The number of fused-ring (bicyclic) bond motifs is 1. The standard InChI is InChI=1S/C20H27N3O5S/c1-20(2,3)28-19(27)23(4)16(17(24)22-15(11-29)18(25)26)9-12-10-21-14-8-6-5-7-13(12)14/h5-8,10,15-16,21,29H,9,11H2,1-4H3,(H,22,24)(H,25,26)/t15-,16-/m0/s1. The number of hydrogen-bond donors (Lipinski definition) is 4. The Morgan fingerprint density at radius 3 is 2.52 bits per heavy atom. The highest BCUT2D eigenvalue weighted by Crippen LogP contribution is 2.21. The zero-order valence-corrected chi connectivity index (χ0v) is 17.8. The van der Waals surface area contributed by atoms with E-state index in [0.29, 0.717) is 0 Å². The SMILES string of the molecule is CN(C(=O)OC(C)(C)C)[C@@H](Cc1c[nH]c2ccccc12)C(=O)N[C@@H](CS)C(=O)O. The fourth-order valence-corrected chi connectivity index (χ4v) is 3.08. The number of amides is 2. The van der Waals surface area contributed by atoms with Crippen molar-refractivity contribution in [1.82, 2.24) is 15.2 Å². The number of carboxylic acids is 1. The molecule has 0 aliphatic rings. The van der Waals surface area contributed by atoms with E-state index in [1.807, 2.05) is 24.3 Å². The molecule has 3 N–H and O–H groups in total. The number of likely N-dealkylation sites (N-methyl/N-ethyl adjacent to an activating group) is 1. The van der Waals surface area contributed by atoms with E-state index in [-0.39, 0.29) is 12.2 Å². The summed E-state index contributed by atoms with van der Waals surface area (Å²) in [6.45, 7) is 5.19. The van der Waals surface area contributed by atoms with Gasteiger partial charge in [-0.3, -0.25) is 9.69 Å². The number of hydrogen-bond acceptors (Lipinski definition) is 5. The second-order valence-corrected chi connectivity index (χ2v) is 8.12. The molecule has 2 atom stereocenters. The molecular weight excluding hydrogens is 394 g/mol. The minimum absolute atomic E-state index is 0.0724. The van der Waals surface area contributed by atoms with Gasteiger partial charge in [0.05, 0.1) is 0 Å². The maximum Gasteiger partial charge on any atom is 0.410 e. The molecule has 29 heavy (non-hydrogen) atoms. The van der Waals surface area contributed by atoms with Gasteiger partial charge in [0, 0.05) is 36.3 Å². The van der Waals surface area contributed by atoms with Crippen LogP contribution in [-0.2, 0) is 20.7 Å². The molecule has 2 rings (SSSR count). The highest BCUT2D eigenvalue weighted by atomic mass is 32.1. The first kappa shape index (κ1) is 22.6. The predicted octanol–water partition coefficient (Wildman–Crippen LogP) is 2.45. The van der Waals surface area contributed by atoms with Crippen molar-refractivity contribution in [2.24, 2.45) is 0 Å². The van der Waals surface area contributed by atoms with Crippen LogP contribution < -0.4 is 5.32 Å². The molecule has 8 nitrogen and oxygen atoms in total. The number of carbonyl (C=O) groups excluding carboxylic acids is 2. The summed E-state index contributed by atoms with van der Waals surface area (Å²) in [7, 11) is 1.46. The van der Waals surface area contributed by atoms with E-state index in [1.165, 1.54) is 11.9 Å². The molecule has 1 heterocycles. The largest absolute Gasteiger partial charge is 0.480 e. The first-order chi connectivity index (χ1) is 13.5. The molecule has 0 spiro atoms. The number of benzene rings is 1. The third-order valence-corrected chi connectivity index (χ3v) is 4.70. The van der Waals surface area contributed by atoms with E-state index in [0.717, 1.165) is 16.5 Å². The lowest BCUT2D eigenvalue weighted by Crippen LogP contribution is -2.54. The summed E-state index contributed by atoms with van der Waals surface area (Å²) in [4.78, 5) is 41.1. The normalized spacial score (nSPS) is 13.6. The molecule has 2 amide bonds. The summed E-state index contributed by atoms with van der Waals surface area (Å²) in [6.07, 6.45) is 1.29. The molecule has 0 radical (unpaired) electrons. The highest BCUT2D eigenvalue weighted by molar-refractivity contribution is 7.80. The highest BCUT2D eigenvalue weighted by Gasteiger charge is 2.33. The number of rotatable bonds is 7. The summed E-state index contributed by atoms with van der Waals surface area (Å²) < 4.78 is 5.38. The van der Waals surface area contributed by atoms with Crippen LogP contribution >= 0.6 is 12.6 Å². The molecule has 2 aromatic rings. The van der Waals surface area contributed by atoms with Gasteiger partial charge in [-0.25, -0.2) is 9.59 Å². The van der Waals surface area contributed by atoms with Gasteiger partial charge in [-0.15, -0.1) is 0 Å². The number of thiol groups is 1. The lowest BCUT2D eigenvalue weighted by Gasteiger charge is -2.30. The second kappa shape index (κ2) is 9.21. The van der Waals surface area contributed by atoms with Crippen LogP contribution in [0.4, 0.5) is 4.79 Å². The van der Waals surface area contributed by atoms with Crippen LogP contribution in [0.5, 0.6) is 0 Å². The summed E-state index contributed by atoms with van der Waals surface area (Å²) in [5, 5.41) is 12.6. The van der Waals surface area contributed by atoms with E-state index in [2.05, 4.69) is 22.9 Å². The molecule has 0 aliphatic heterocycles. The first-order valence-corrected chi connectivity index (χ1v) is 9.81. The number of nitrogens with one attached hydrogen (secondary N) is 2. The van der Waals surface area contributed by atoms with Gasteiger partial charge in [-0.05, 0) is 32.4 Å². The molecular formula is C20H27N3O5S. The van der Waals surface area contributed by atoms with Crippen molar-refractivity contribution in [1.29, 1.82) is 0 Å². The molecule has 0 fully saturated rings. The summed E-state index contributed by atoms with van der Waals surface area (Å²) in [6, 6.07) is 5.47. The number of para-hydroxylation sites is 1. The van der Waals surface area contributed by atoms with E-state index in [9.17, 15) is 19.5 Å². The van der Waals surface area contributed by atoms with Crippen LogP contribution in [0.1, 0.15) is 26.3 Å². The van der Waals surface area contributed by atoms with Gasteiger partial charge in [0.15, 0.2) is 0 Å². The Morgan fingerprint density at radius 2 is 1.93 bits per heavy atom. The van der Waals surface area contributed by atoms with E-state index < -0.39 is 35.7 Å². The van der Waals surface area contributed by atoms with Gasteiger partial charge in [0.2, 0.25) is 5.91 Å². The zero-order chi connectivity index (χ0) is 21.8. The Hall–Kier alpha value is -2.68. The maximum atomic E-state index is 12.9. The number of ether oxygens (including phenoxy) is 1. The summed E-state index contributed by atoms with van der Waals surface area (Å²) in [5.74, 6) is -1.86. The Morgan fingerprint density at radius 1 is 1.28 bits per heavy atom. The van der Waals surface area contributed by atoms with Gasteiger partial charge < -0.3 is 20.1 Å². The van der Waals surface area contributed by atoms with Crippen molar-refractivity contribution >= 4 is 41.5 Å². The van der Waals surface area contributed by atoms with Crippen LogP contribution in [0.3, 0.4) is 0 Å². The van der Waals surface area contributed by atoms with E-state index in [4.69, 9.17) is 4.74 Å². The monoisotopic (exact) mass is 421 g/mol. The Labute approximate surface area is 175 Å². The average Bonchev–Trinajstić information content (AvgIpc) is 3.04. The Balaban J connectivity index is 2.32. The zero-order valence-electron chi connectivity index (χ0n) is 16.9. The minimum atomic E-state index is -1.20. The number of carboxylic acid groups (broad SMARTS) is 1. The Kier molecular flexibility index (Phi) is 7.18. The number of H-pyrrole nitrogens is 1. The van der Waals surface area contributed by atoms with Crippen molar-refractivity contribution in [3.05, 3.63) is 36.0 Å². The molecule has 0 unspecified atom stereocenters. The van der Waals surface area contributed by atoms with Crippen molar-refractivity contribution in [3.63, 3.8) is 0 Å². The topological polar surface area (TPSA) is 112 Å². The lowest BCUT2D eigenvalue weighted by molar-refractivity contribution is -0.141. The molecule has 0 saturated heterocycles. The van der Waals surface area contributed by atoms with Crippen LogP contribution in [0, 0.1) is 0 Å². The molecule has 0 bridgehead atoms. The Bertz CT molecular complexity index is 890. The fraction of sp³-hybridized carbons (Fsp3) is 0.450. The molecule has 9 heteroatoms. The maximum absolute atomic E-state index is 12.9. The van der Waals surface area contributed by atoms with Crippen molar-refractivity contribution in [2.75, 3.05) is 12.8 Å². The smallest absolute Gasteiger partial charge is 0.410 e. The van der Waals surface area contributed by atoms with Gasteiger partial charge in [0.1, 0.15) is 17.7 Å². The van der Waals surface area contributed by atoms with Gasteiger partial charge in [0.25, 0.3) is 0 Å². The summed E-state index contributed by atoms with van der Waals surface area (Å²) in [5.41, 5.74) is 0.997. The minimum Gasteiger partial charge on any atom is -0.480 e. The molecule has 0 aliphatic carbocycles. The number of carbonyl (C=O) groups is 3. The number of nitrogens with zero attached hydrogens (tertiary/aromatic N) is 1. The van der Waals surface area contributed by atoms with E-state index >= 15 is 0 Å². The third kappa shape index (κ3) is 5.90. The van der Waals surface area contributed by atoms with Crippen LogP contribution in [0.2, 0.25) is 0 Å². The van der Waals surface area contributed by atoms with Gasteiger partial charge in [-0.1, -0.05) is 18.2 Å². The third-order valence-electron chi connectivity index (χ3n) is 4.34. The summed E-state index contributed by atoms with van der Waals surface area (Å²) >= 11 is 3.98. The number of aromatic nitrogens is 1. The average molecular weight is 422 g/mol. The van der Waals surface area contributed by atoms with Crippen LogP contribution in [0.15, 0.2) is 30.5 Å². The second-order valence-electron chi connectivity index (χ2n) is 7.75. The number of aromatic amines is 1. The lowest BCUT2D eigenvalue weighted by atomic mass is 10.0. The van der Waals surface area contributed by atoms with Gasteiger partial charge >= 0.3 is 12.1 Å². The molecule has 158 valence electrons. The number of aliphatic carboxylic acids is 1. The fourth-order valence-electron chi connectivity index (χ4n) is 2.83. The van der Waals surface area contributed by atoms with Crippen molar-refractivity contribution < 1.29 is 24.2 Å². The molecule has 1 aromatic carbocycles. The molecule has 1 aromatic heterocycles. The van der Waals surface area contributed by atoms with Crippen molar-refractivity contribution in [2.45, 2.75) is 44.9 Å². The van der Waals surface area contributed by atoms with E-state index in [1.54, 1.807) is 27.0 Å². The van der Waals surface area contributed by atoms with Crippen LogP contribution in [0.25, 0.3) is 10.9 Å². The molecule has 0 saturated carbocycles. The van der Waals surface area contributed by atoms with Crippen molar-refractivity contribution in [3.8, 4) is 0 Å².